The van der Waals surface area contributed by atoms with E-state index in [9.17, 15) is 9.59 Å². The summed E-state index contributed by atoms with van der Waals surface area (Å²) in [6.07, 6.45) is 5.50. The molecule has 1 saturated carbocycles. The first kappa shape index (κ1) is 19.4. The summed E-state index contributed by atoms with van der Waals surface area (Å²) in [7, 11) is 0. The van der Waals surface area contributed by atoms with E-state index in [1.54, 1.807) is 6.20 Å². The first-order valence-electron chi connectivity index (χ1n) is 10.7. The third-order valence-corrected chi connectivity index (χ3v) is 6.77. The molecule has 6 nitrogen and oxygen atoms in total. The normalized spacial score (nSPS) is 20.8. The zero-order valence-corrected chi connectivity index (χ0v) is 17.6. The van der Waals surface area contributed by atoms with Crippen LogP contribution in [-0.2, 0) is 16.0 Å². The number of pyridine rings is 1. The molecular formula is C23H25ClN4O2. The Morgan fingerprint density at radius 2 is 1.83 bits per heavy atom. The zero-order valence-electron chi connectivity index (χ0n) is 16.8. The SMILES string of the molecule is O=C(Nc1ccc(N2CCN(C(=O)C3CC3)CC2)cn1)C1CCc2c(Cl)cccc21. The maximum Gasteiger partial charge on any atom is 0.233 e. The van der Waals surface area contributed by atoms with E-state index in [2.05, 4.69) is 15.2 Å². The highest BCUT2D eigenvalue weighted by atomic mass is 35.5. The van der Waals surface area contributed by atoms with Crippen LogP contribution >= 0.6 is 11.6 Å². The molecule has 3 aliphatic rings. The standard InChI is InChI=1S/C23H25ClN4O2/c24-20-3-1-2-17-18(20)7-8-19(17)22(29)26-21-9-6-16(14-25-21)27-10-12-28(13-11-27)23(30)15-4-5-15/h1-3,6,9,14-15,19H,4-5,7-8,10-13H2,(H,25,26,29). The van der Waals surface area contributed by atoms with Crippen LogP contribution in [0.25, 0.3) is 0 Å². The molecule has 2 aliphatic carbocycles. The highest BCUT2D eigenvalue weighted by Crippen LogP contribution is 2.37. The van der Waals surface area contributed by atoms with Gasteiger partial charge in [0.1, 0.15) is 5.82 Å². The summed E-state index contributed by atoms with van der Waals surface area (Å²) in [5.41, 5.74) is 3.13. The first-order chi connectivity index (χ1) is 14.6. The van der Waals surface area contributed by atoms with Gasteiger partial charge in [0.15, 0.2) is 0 Å². The van der Waals surface area contributed by atoms with Crippen molar-refractivity contribution in [2.45, 2.75) is 31.6 Å². The van der Waals surface area contributed by atoms with Crippen molar-refractivity contribution in [1.82, 2.24) is 9.88 Å². The summed E-state index contributed by atoms with van der Waals surface area (Å²) in [4.78, 5) is 33.7. The number of benzene rings is 1. The van der Waals surface area contributed by atoms with Crippen molar-refractivity contribution in [2.24, 2.45) is 5.92 Å². The Morgan fingerprint density at radius 3 is 2.53 bits per heavy atom. The Hall–Kier alpha value is -2.60. The smallest absolute Gasteiger partial charge is 0.233 e. The fourth-order valence-corrected chi connectivity index (χ4v) is 4.79. The fraction of sp³-hybridized carbons (Fsp3) is 0.435. The quantitative estimate of drug-likeness (QED) is 0.816. The van der Waals surface area contributed by atoms with Gasteiger partial charge < -0.3 is 15.1 Å². The van der Waals surface area contributed by atoms with Gasteiger partial charge in [-0.05, 0) is 55.0 Å². The molecule has 1 atom stereocenters. The van der Waals surface area contributed by atoms with Crippen LogP contribution in [0.5, 0.6) is 0 Å². The summed E-state index contributed by atoms with van der Waals surface area (Å²) in [6, 6.07) is 9.60. The largest absolute Gasteiger partial charge is 0.367 e. The number of aromatic nitrogens is 1. The van der Waals surface area contributed by atoms with E-state index < -0.39 is 0 Å². The third kappa shape index (κ3) is 3.76. The number of nitrogens with one attached hydrogen (secondary N) is 1. The summed E-state index contributed by atoms with van der Waals surface area (Å²) in [6.45, 7) is 3.14. The molecule has 0 spiro atoms. The summed E-state index contributed by atoms with van der Waals surface area (Å²) < 4.78 is 0. The van der Waals surface area contributed by atoms with Gasteiger partial charge in [-0.25, -0.2) is 4.98 Å². The van der Waals surface area contributed by atoms with Crippen LogP contribution in [0, 0.1) is 5.92 Å². The highest BCUT2D eigenvalue weighted by Gasteiger charge is 2.34. The number of halogens is 1. The van der Waals surface area contributed by atoms with Gasteiger partial charge in [0.25, 0.3) is 0 Å². The van der Waals surface area contributed by atoms with Crippen molar-refractivity contribution in [3.8, 4) is 0 Å². The predicted octanol–water partition coefficient (Wildman–Crippen LogP) is 3.46. The van der Waals surface area contributed by atoms with Gasteiger partial charge in [-0.3, -0.25) is 9.59 Å². The number of piperazine rings is 1. The second kappa shape index (κ2) is 7.91. The molecule has 0 radical (unpaired) electrons. The van der Waals surface area contributed by atoms with Crippen molar-refractivity contribution in [3.05, 3.63) is 52.7 Å². The van der Waals surface area contributed by atoms with Crippen molar-refractivity contribution < 1.29 is 9.59 Å². The Bertz CT molecular complexity index is 966. The van der Waals surface area contributed by atoms with E-state index in [0.29, 0.717) is 11.7 Å². The van der Waals surface area contributed by atoms with E-state index in [4.69, 9.17) is 11.6 Å². The molecule has 1 aromatic carbocycles. The van der Waals surface area contributed by atoms with Crippen LogP contribution in [0.4, 0.5) is 11.5 Å². The highest BCUT2D eigenvalue weighted by molar-refractivity contribution is 6.31. The lowest BCUT2D eigenvalue weighted by Gasteiger charge is -2.36. The van der Waals surface area contributed by atoms with Crippen LogP contribution in [0.15, 0.2) is 36.5 Å². The van der Waals surface area contributed by atoms with Crippen LogP contribution in [0.1, 0.15) is 36.3 Å². The number of carbonyl (C=O) groups is 2. The van der Waals surface area contributed by atoms with Gasteiger partial charge in [-0.15, -0.1) is 0 Å². The number of nitrogens with zero attached hydrogens (tertiary/aromatic N) is 3. The maximum absolute atomic E-state index is 12.8. The average molecular weight is 425 g/mol. The van der Waals surface area contributed by atoms with Crippen LogP contribution in [0.3, 0.4) is 0 Å². The predicted molar refractivity (Wildman–Crippen MR) is 117 cm³/mol. The summed E-state index contributed by atoms with van der Waals surface area (Å²) in [5, 5.41) is 3.69. The molecule has 1 unspecified atom stereocenters. The second-order valence-corrected chi connectivity index (χ2v) is 8.78. The molecule has 2 fully saturated rings. The van der Waals surface area contributed by atoms with Gasteiger partial charge in [-0.2, -0.15) is 0 Å². The average Bonchev–Trinajstić information content (AvgIpc) is 3.53. The molecule has 1 aromatic heterocycles. The topological polar surface area (TPSA) is 65.5 Å². The van der Waals surface area contributed by atoms with Gasteiger partial charge >= 0.3 is 0 Å². The van der Waals surface area contributed by atoms with E-state index in [-0.39, 0.29) is 17.7 Å². The van der Waals surface area contributed by atoms with Crippen molar-refractivity contribution in [3.63, 3.8) is 0 Å². The molecule has 5 rings (SSSR count). The van der Waals surface area contributed by atoms with E-state index in [1.165, 1.54) is 0 Å². The van der Waals surface area contributed by atoms with Crippen molar-refractivity contribution >= 4 is 34.9 Å². The van der Waals surface area contributed by atoms with E-state index in [0.717, 1.165) is 73.7 Å². The number of hydrogen-bond donors (Lipinski definition) is 1. The monoisotopic (exact) mass is 424 g/mol. The molecule has 30 heavy (non-hydrogen) atoms. The zero-order chi connectivity index (χ0) is 20.7. The summed E-state index contributed by atoms with van der Waals surface area (Å²) in [5.74, 6) is 0.937. The first-order valence-corrected chi connectivity index (χ1v) is 11.1. The lowest BCUT2D eigenvalue weighted by Crippen LogP contribution is -2.49. The summed E-state index contributed by atoms with van der Waals surface area (Å²) >= 11 is 6.27. The van der Waals surface area contributed by atoms with Gasteiger partial charge in [0, 0.05) is 37.1 Å². The Morgan fingerprint density at radius 1 is 1.03 bits per heavy atom. The number of rotatable bonds is 4. The molecular weight excluding hydrogens is 400 g/mol. The van der Waals surface area contributed by atoms with Crippen molar-refractivity contribution in [1.29, 1.82) is 0 Å². The lowest BCUT2D eigenvalue weighted by atomic mass is 10.0. The fourth-order valence-electron chi connectivity index (χ4n) is 4.52. The molecule has 7 heteroatoms. The van der Waals surface area contributed by atoms with Crippen LogP contribution in [0.2, 0.25) is 5.02 Å². The molecule has 2 amide bonds. The Labute approximate surface area is 181 Å². The van der Waals surface area contributed by atoms with Gasteiger partial charge in [0.05, 0.1) is 17.8 Å². The minimum atomic E-state index is -0.183. The van der Waals surface area contributed by atoms with Gasteiger partial charge in [-0.1, -0.05) is 23.7 Å². The number of hydrogen-bond acceptors (Lipinski definition) is 4. The third-order valence-electron chi connectivity index (χ3n) is 6.41. The van der Waals surface area contributed by atoms with Crippen LogP contribution in [-0.4, -0.2) is 47.9 Å². The lowest BCUT2D eigenvalue weighted by molar-refractivity contribution is -0.132. The Balaban J connectivity index is 1.19. The molecule has 2 aromatic rings. The minimum absolute atomic E-state index is 0.0385. The molecule has 0 bridgehead atoms. The number of amides is 2. The minimum Gasteiger partial charge on any atom is -0.367 e. The maximum atomic E-state index is 12.8. The van der Waals surface area contributed by atoms with Crippen molar-refractivity contribution in [2.75, 3.05) is 36.4 Å². The molecule has 156 valence electrons. The molecule has 1 N–H and O–H groups in total. The van der Waals surface area contributed by atoms with E-state index >= 15 is 0 Å². The molecule has 2 heterocycles. The van der Waals surface area contributed by atoms with Crippen LogP contribution < -0.4 is 10.2 Å². The molecule has 1 aliphatic heterocycles. The number of fused-ring (bicyclic) bond motifs is 1. The number of carbonyl (C=O) groups excluding carboxylic acids is 2. The van der Waals surface area contributed by atoms with E-state index in [1.807, 2.05) is 35.2 Å². The van der Waals surface area contributed by atoms with Gasteiger partial charge in [0.2, 0.25) is 11.8 Å². The number of anilines is 2. The Kier molecular flexibility index (Phi) is 5.11. The molecule has 1 saturated heterocycles. The second-order valence-electron chi connectivity index (χ2n) is 8.38.